The van der Waals surface area contributed by atoms with Gasteiger partial charge in [0.05, 0.1) is 26.2 Å². The van der Waals surface area contributed by atoms with Crippen LogP contribution in [0.4, 0.5) is 0 Å². The highest BCUT2D eigenvalue weighted by atomic mass is 16.5. The van der Waals surface area contributed by atoms with Gasteiger partial charge >= 0.3 is 5.97 Å². The highest BCUT2D eigenvalue weighted by Crippen LogP contribution is 2.24. The lowest BCUT2D eigenvalue weighted by Gasteiger charge is -2.30. The maximum Gasteiger partial charge on any atom is 0.309 e. The normalized spacial score (nSPS) is 16.1. The molecule has 1 aromatic heterocycles. The number of hydrogen-bond acceptors (Lipinski definition) is 5. The molecule has 0 saturated carbocycles. The van der Waals surface area contributed by atoms with Gasteiger partial charge in [-0.05, 0) is 45.0 Å². The molecule has 0 bridgehead atoms. The Balaban J connectivity index is 1.61. The van der Waals surface area contributed by atoms with Crippen LogP contribution in [0.1, 0.15) is 30.1 Å². The average Bonchev–Trinajstić information content (AvgIpc) is 3.05. The van der Waals surface area contributed by atoms with Gasteiger partial charge in [-0.2, -0.15) is 0 Å². The van der Waals surface area contributed by atoms with Crippen LogP contribution in [0.5, 0.6) is 5.75 Å². The topological polar surface area (TPSA) is 71.6 Å². The first kappa shape index (κ1) is 17.5. The Hall–Kier alpha value is -2.34. The summed E-state index contributed by atoms with van der Waals surface area (Å²) in [7, 11) is 1.62. The molecule has 2 heterocycles. The fourth-order valence-corrected chi connectivity index (χ4v) is 3.34. The molecule has 1 N–H and O–H groups in total. The van der Waals surface area contributed by atoms with Gasteiger partial charge in [-0.1, -0.05) is 0 Å². The van der Waals surface area contributed by atoms with Gasteiger partial charge in [0.2, 0.25) is 0 Å². The lowest BCUT2D eigenvalue weighted by Crippen LogP contribution is -2.39. The van der Waals surface area contributed by atoms with Crippen molar-refractivity contribution in [1.29, 1.82) is 0 Å². The van der Waals surface area contributed by atoms with E-state index in [-0.39, 0.29) is 17.7 Å². The zero-order chi connectivity index (χ0) is 17.8. The van der Waals surface area contributed by atoms with Gasteiger partial charge in [-0.3, -0.25) is 14.5 Å². The van der Waals surface area contributed by atoms with Crippen molar-refractivity contribution in [2.75, 3.05) is 33.4 Å². The largest absolute Gasteiger partial charge is 0.497 e. The van der Waals surface area contributed by atoms with Crippen LogP contribution in [-0.2, 0) is 9.53 Å². The molecule has 1 fully saturated rings. The Kier molecular flexibility index (Phi) is 5.38. The number of Topliss-reactive ketones (excluding diaryl/α,β-unsaturated/α-hetero) is 1. The number of nitrogens with one attached hydrogen (secondary N) is 1. The predicted octanol–water partition coefficient (Wildman–Crippen LogP) is 2.63. The SMILES string of the molecule is CCOC(=O)C1CCN(CC(=O)c2c[nH]c3cc(OC)ccc23)CC1. The van der Waals surface area contributed by atoms with Crippen LogP contribution >= 0.6 is 0 Å². The predicted molar refractivity (Wildman–Crippen MR) is 95.0 cm³/mol. The van der Waals surface area contributed by atoms with Crippen LogP contribution in [0.15, 0.2) is 24.4 Å². The number of benzene rings is 1. The number of H-pyrrole nitrogens is 1. The smallest absolute Gasteiger partial charge is 0.309 e. The molecule has 134 valence electrons. The number of ketones is 1. The first-order valence-electron chi connectivity index (χ1n) is 8.69. The molecule has 6 nitrogen and oxygen atoms in total. The van der Waals surface area contributed by atoms with E-state index < -0.39 is 0 Å². The summed E-state index contributed by atoms with van der Waals surface area (Å²) in [5.74, 6) is 0.700. The second kappa shape index (κ2) is 7.70. The minimum atomic E-state index is -0.112. The lowest BCUT2D eigenvalue weighted by atomic mass is 9.96. The number of aromatic amines is 1. The van der Waals surface area contributed by atoms with E-state index in [2.05, 4.69) is 9.88 Å². The molecule has 0 unspecified atom stereocenters. The Morgan fingerprint density at radius 1 is 1.28 bits per heavy atom. The summed E-state index contributed by atoms with van der Waals surface area (Å²) in [6, 6.07) is 5.65. The van der Waals surface area contributed by atoms with E-state index in [1.54, 1.807) is 13.3 Å². The van der Waals surface area contributed by atoms with E-state index in [0.29, 0.717) is 18.7 Å². The summed E-state index contributed by atoms with van der Waals surface area (Å²) in [5.41, 5.74) is 1.59. The highest BCUT2D eigenvalue weighted by Gasteiger charge is 2.27. The third-order valence-corrected chi connectivity index (χ3v) is 4.76. The van der Waals surface area contributed by atoms with Crippen LogP contribution in [-0.4, -0.2) is 55.0 Å². The second-order valence-corrected chi connectivity index (χ2v) is 6.34. The number of fused-ring (bicyclic) bond motifs is 1. The molecule has 0 spiro atoms. The molecule has 0 atom stereocenters. The number of rotatable bonds is 6. The monoisotopic (exact) mass is 344 g/mol. The quantitative estimate of drug-likeness (QED) is 0.644. The van der Waals surface area contributed by atoms with Crippen molar-refractivity contribution < 1.29 is 19.1 Å². The number of aromatic nitrogens is 1. The first-order valence-corrected chi connectivity index (χ1v) is 8.69. The third-order valence-electron chi connectivity index (χ3n) is 4.76. The number of nitrogens with zero attached hydrogens (tertiary/aromatic N) is 1. The van der Waals surface area contributed by atoms with Gasteiger partial charge in [0, 0.05) is 28.7 Å². The van der Waals surface area contributed by atoms with Gasteiger partial charge in [-0.25, -0.2) is 0 Å². The van der Waals surface area contributed by atoms with Crippen LogP contribution in [0.25, 0.3) is 10.9 Å². The van der Waals surface area contributed by atoms with Crippen molar-refractivity contribution in [3.05, 3.63) is 30.0 Å². The van der Waals surface area contributed by atoms with Gasteiger partial charge < -0.3 is 14.5 Å². The standard InChI is InChI=1S/C19H24N2O4/c1-3-25-19(23)13-6-8-21(9-7-13)12-18(22)16-11-20-17-10-14(24-2)4-5-15(16)17/h4-5,10-11,13,20H,3,6-9,12H2,1-2H3. The van der Waals surface area contributed by atoms with Gasteiger partial charge in [0.15, 0.2) is 5.78 Å². The number of piperidine rings is 1. The molecule has 3 rings (SSSR count). The number of carbonyl (C=O) groups is 2. The van der Waals surface area contributed by atoms with E-state index in [0.717, 1.165) is 42.6 Å². The fourth-order valence-electron chi connectivity index (χ4n) is 3.34. The summed E-state index contributed by atoms with van der Waals surface area (Å²) in [4.78, 5) is 29.7. The van der Waals surface area contributed by atoms with Gasteiger partial charge in [-0.15, -0.1) is 0 Å². The Morgan fingerprint density at radius 3 is 2.72 bits per heavy atom. The maximum atomic E-state index is 12.7. The molecule has 1 saturated heterocycles. The summed E-state index contributed by atoms with van der Waals surface area (Å²) < 4.78 is 10.3. The van der Waals surface area contributed by atoms with E-state index in [4.69, 9.17) is 9.47 Å². The van der Waals surface area contributed by atoms with Crippen molar-refractivity contribution >= 4 is 22.7 Å². The lowest BCUT2D eigenvalue weighted by molar-refractivity contribution is -0.149. The summed E-state index contributed by atoms with van der Waals surface area (Å²) in [6.45, 7) is 4.09. The molecule has 25 heavy (non-hydrogen) atoms. The average molecular weight is 344 g/mol. The molecule has 1 aliphatic heterocycles. The summed E-state index contributed by atoms with van der Waals surface area (Å²) in [5, 5.41) is 0.909. The number of esters is 1. The van der Waals surface area contributed by atoms with Crippen molar-refractivity contribution in [2.24, 2.45) is 5.92 Å². The van der Waals surface area contributed by atoms with Crippen molar-refractivity contribution in [1.82, 2.24) is 9.88 Å². The molecular formula is C19H24N2O4. The second-order valence-electron chi connectivity index (χ2n) is 6.34. The van der Waals surface area contributed by atoms with Crippen LogP contribution in [0.2, 0.25) is 0 Å². The number of hydrogen-bond donors (Lipinski definition) is 1. The van der Waals surface area contributed by atoms with E-state index in [9.17, 15) is 9.59 Å². The van der Waals surface area contributed by atoms with Crippen LogP contribution in [0, 0.1) is 5.92 Å². The molecule has 2 aromatic rings. The molecular weight excluding hydrogens is 320 g/mol. The molecule has 0 radical (unpaired) electrons. The van der Waals surface area contributed by atoms with E-state index >= 15 is 0 Å². The fraction of sp³-hybridized carbons (Fsp3) is 0.474. The van der Waals surface area contributed by atoms with E-state index in [1.807, 2.05) is 25.1 Å². The molecule has 1 aliphatic rings. The Morgan fingerprint density at radius 2 is 2.04 bits per heavy atom. The summed E-state index contributed by atoms with van der Waals surface area (Å²) >= 11 is 0. The van der Waals surface area contributed by atoms with Crippen LogP contribution in [0.3, 0.4) is 0 Å². The molecule has 0 aliphatic carbocycles. The number of carbonyl (C=O) groups excluding carboxylic acids is 2. The number of methoxy groups -OCH3 is 1. The number of likely N-dealkylation sites (tertiary alicyclic amines) is 1. The van der Waals surface area contributed by atoms with Gasteiger partial charge in [0.1, 0.15) is 5.75 Å². The third kappa shape index (κ3) is 3.85. The van der Waals surface area contributed by atoms with E-state index in [1.165, 1.54) is 0 Å². The highest BCUT2D eigenvalue weighted by molar-refractivity contribution is 6.09. The van der Waals surface area contributed by atoms with Crippen LogP contribution < -0.4 is 4.74 Å². The molecule has 1 aromatic carbocycles. The van der Waals surface area contributed by atoms with Crippen molar-refractivity contribution in [3.8, 4) is 5.75 Å². The van der Waals surface area contributed by atoms with Gasteiger partial charge in [0.25, 0.3) is 0 Å². The number of ether oxygens (including phenoxy) is 2. The Bertz CT molecular complexity index is 760. The first-order chi connectivity index (χ1) is 12.1. The molecule has 0 amide bonds. The Labute approximate surface area is 147 Å². The zero-order valence-corrected chi connectivity index (χ0v) is 14.7. The summed E-state index contributed by atoms with van der Waals surface area (Å²) in [6.07, 6.45) is 3.26. The zero-order valence-electron chi connectivity index (χ0n) is 14.7. The minimum Gasteiger partial charge on any atom is -0.497 e. The minimum absolute atomic E-state index is 0.0353. The van der Waals surface area contributed by atoms with Crippen molar-refractivity contribution in [3.63, 3.8) is 0 Å². The maximum absolute atomic E-state index is 12.7. The molecule has 6 heteroatoms. The van der Waals surface area contributed by atoms with Crippen molar-refractivity contribution in [2.45, 2.75) is 19.8 Å².